The second kappa shape index (κ2) is 9.81. The van der Waals surface area contributed by atoms with Crippen molar-refractivity contribution in [3.8, 4) is 11.5 Å². The van der Waals surface area contributed by atoms with Gasteiger partial charge in [-0.15, -0.1) is 0 Å². The Morgan fingerprint density at radius 2 is 1.57 bits per heavy atom. The van der Waals surface area contributed by atoms with E-state index in [1.807, 2.05) is 22.6 Å². The summed E-state index contributed by atoms with van der Waals surface area (Å²) >= 11 is 2.00. The quantitative estimate of drug-likeness (QED) is 0.311. The highest BCUT2D eigenvalue weighted by Gasteiger charge is 2.14. The molecule has 1 aromatic rings. The summed E-state index contributed by atoms with van der Waals surface area (Å²) in [6.07, 6.45) is 1.21. The molecule has 0 saturated carbocycles. The lowest BCUT2D eigenvalue weighted by molar-refractivity contribution is 0.0991. The maximum absolute atomic E-state index is 11.4. The number of benzene rings is 1. The van der Waals surface area contributed by atoms with Crippen molar-refractivity contribution in [3.63, 3.8) is 0 Å². The largest absolute Gasteiger partial charge is 0.514 e. The van der Waals surface area contributed by atoms with E-state index in [1.165, 1.54) is 18.2 Å². The molecule has 0 radical (unpaired) electrons. The van der Waals surface area contributed by atoms with E-state index in [1.54, 1.807) is 22.3 Å². The molecule has 0 aliphatic carbocycles. The van der Waals surface area contributed by atoms with Crippen LogP contribution in [-0.2, 0) is 9.47 Å². The van der Waals surface area contributed by atoms with E-state index < -0.39 is 12.3 Å². The molecule has 0 saturated heterocycles. The monoisotopic (exact) mass is 404 g/mol. The summed E-state index contributed by atoms with van der Waals surface area (Å²) in [7, 11) is 0. The number of halogens is 1. The minimum Gasteiger partial charge on any atom is -0.430 e. The van der Waals surface area contributed by atoms with Gasteiger partial charge in [0.15, 0.2) is 11.5 Å². The first kappa shape index (κ1) is 17.0. The highest BCUT2D eigenvalue weighted by atomic mass is 127. The van der Waals surface area contributed by atoms with Gasteiger partial charge in [0.2, 0.25) is 0 Å². The molecule has 0 aromatic heterocycles. The van der Waals surface area contributed by atoms with Gasteiger partial charge in [0, 0.05) is 0 Å². The van der Waals surface area contributed by atoms with E-state index in [-0.39, 0.29) is 24.7 Å². The van der Waals surface area contributed by atoms with E-state index >= 15 is 0 Å². The fourth-order valence-electron chi connectivity index (χ4n) is 1.14. The third kappa shape index (κ3) is 6.80. The maximum Gasteiger partial charge on any atom is 0.514 e. The van der Waals surface area contributed by atoms with Crippen LogP contribution in [0.25, 0.3) is 0 Å². The highest BCUT2D eigenvalue weighted by molar-refractivity contribution is 14.1. The molecule has 1 rings (SSSR count). The van der Waals surface area contributed by atoms with E-state index in [9.17, 15) is 9.59 Å². The molecule has 1 aromatic carbocycles. The topological polar surface area (TPSA) is 71.1 Å². The van der Waals surface area contributed by atoms with Gasteiger partial charge in [-0.05, 0) is 22.3 Å². The minimum absolute atomic E-state index is 0.0204. The van der Waals surface area contributed by atoms with E-state index in [0.717, 1.165) is 0 Å². The summed E-state index contributed by atoms with van der Waals surface area (Å²) < 4.78 is 21.0. The summed E-state index contributed by atoms with van der Waals surface area (Å²) in [5.74, 6) is 0.101. The summed E-state index contributed by atoms with van der Waals surface area (Å²) in [5.41, 5.74) is 0. The van der Waals surface area contributed by atoms with Crippen LogP contribution in [0.2, 0.25) is 0 Å². The summed E-state index contributed by atoms with van der Waals surface area (Å²) in [4.78, 5) is 22.8. The first-order valence-corrected chi connectivity index (χ1v) is 7.06. The molecule has 0 aliphatic heterocycles. The van der Waals surface area contributed by atoms with Crippen LogP contribution in [0.15, 0.2) is 47.1 Å². The van der Waals surface area contributed by atoms with Gasteiger partial charge in [0.05, 0.1) is 0 Å². The van der Waals surface area contributed by atoms with Crippen molar-refractivity contribution in [3.05, 3.63) is 47.1 Å². The number of rotatable bonds is 6. The predicted molar refractivity (Wildman–Crippen MR) is 83.8 cm³/mol. The van der Waals surface area contributed by atoms with Crippen LogP contribution in [-0.4, -0.2) is 25.5 Å². The van der Waals surface area contributed by atoms with Crippen molar-refractivity contribution in [2.45, 2.75) is 0 Å². The Labute approximate surface area is 135 Å². The van der Waals surface area contributed by atoms with Gasteiger partial charge in [-0.25, -0.2) is 9.59 Å². The highest BCUT2D eigenvalue weighted by Crippen LogP contribution is 2.27. The smallest absolute Gasteiger partial charge is 0.430 e. The molecular weight excluding hydrogens is 391 g/mol. The number of hydrogen-bond donors (Lipinski definition) is 0. The number of carbonyl (C=O) groups is 2. The molecule has 0 atom stereocenters. The SMILES string of the molecule is C=CCOC(=O)Oc1ccccc1OC(=O)OCC=CI. The minimum atomic E-state index is -0.924. The Hall–Kier alpha value is -2.03. The molecule has 0 heterocycles. The van der Waals surface area contributed by atoms with Gasteiger partial charge in [0.25, 0.3) is 0 Å². The zero-order valence-electron chi connectivity index (χ0n) is 11.0. The Morgan fingerprint density at radius 3 is 2.05 bits per heavy atom. The predicted octanol–water partition coefficient (Wildman–Crippen LogP) is 3.85. The van der Waals surface area contributed by atoms with Crippen LogP contribution in [0.1, 0.15) is 0 Å². The van der Waals surface area contributed by atoms with Crippen LogP contribution in [0.3, 0.4) is 0 Å². The fraction of sp³-hybridized carbons (Fsp3) is 0.143. The summed E-state index contributed by atoms with van der Waals surface area (Å²) in [6.45, 7) is 3.52. The Kier molecular flexibility index (Phi) is 7.95. The number of ether oxygens (including phenoxy) is 4. The maximum atomic E-state index is 11.4. The van der Waals surface area contributed by atoms with E-state index in [0.29, 0.717) is 0 Å². The lowest BCUT2D eigenvalue weighted by Crippen LogP contribution is -2.14. The Morgan fingerprint density at radius 1 is 1.05 bits per heavy atom. The molecule has 0 bridgehead atoms. The lowest BCUT2D eigenvalue weighted by atomic mass is 10.3. The van der Waals surface area contributed by atoms with Crippen molar-refractivity contribution in [2.75, 3.05) is 13.2 Å². The Balaban J connectivity index is 2.63. The van der Waals surface area contributed by atoms with Crippen LogP contribution in [0.5, 0.6) is 11.5 Å². The van der Waals surface area contributed by atoms with E-state index in [2.05, 4.69) is 11.3 Å². The zero-order valence-corrected chi connectivity index (χ0v) is 13.1. The Bertz CT molecular complexity index is 526. The second-order valence-electron chi connectivity index (χ2n) is 3.42. The third-order valence-electron chi connectivity index (χ3n) is 1.94. The van der Waals surface area contributed by atoms with Gasteiger partial charge in [-0.3, -0.25) is 0 Å². The molecule has 112 valence electrons. The molecule has 7 heteroatoms. The van der Waals surface area contributed by atoms with Crippen molar-refractivity contribution >= 4 is 34.9 Å². The van der Waals surface area contributed by atoms with Crippen molar-refractivity contribution < 1.29 is 28.5 Å². The van der Waals surface area contributed by atoms with Crippen molar-refractivity contribution in [1.29, 1.82) is 0 Å². The summed E-state index contributed by atoms with van der Waals surface area (Å²) in [5, 5.41) is 0. The number of hydrogen-bond acceptors (Lipinski definition) is 6. The molecule has 6 nitrogen and oxygen atoms in total. The first-order valence-electron chi connectivity index (χ1n) is 5.81. The molecule has 0 amide bonds. The molecule has 0 spiro atoms. The normalized spacial score (nSPS) is 9.95. The third-order valence-corrected chi connectivity index (χ3v) is 2.45. The molecule has 0 unspecified atom stereocenters. The average Bonchev–Trinajstić information content (AvgIpc) is 2.47. The van der Waals surface area contributed by atoms with Crippen molar-refractivity contribution in [2.24, 2.45) is 0 Å². The van der Waals surface area contributed by atoms with Gasteiger partial charge < -0.3 is 18.9 Å². The molecule has 0 N–H and O–H groups in total. The lowest BCUT2D eigenvalue weighted by Gasteiger charge is -2.09. The van der Waals surface area contributed by atoms with Crippen LogP contribution < -0.4 is 9.47 Å². The standard InChI is InChI=1S/C14H13IO6/c1-2-9-18-13(16)20-11-6-3-4-7-12(11)21-14(17)19-10-5-8-15/h2-8H,1,9-10H2. The average molecular weight is 404 g/mol. The molecule has 0 aliphatic rings. The molecule has 0 fully saturated rings. The van der Waals surface area contributed by atoms with Gasteiger partial charge in [-0.2, -0.15) is 0 Å². The molecule has 21 heavy (non-hydrogen) atoms. The van der Waals surface area contributed by atoms with Crippen LogP contribution >= 0.6 is 22.6 Å². The zero-order chi connectivity index (χ0) is 15.5. The van der Waals surface area contributed by atoms with Gasteiger partial charge >= 0.3 is 12.3 Å². The molecular formula is C14H13IO6. The number of carbonyl (C=O) groups excluding carboxylic acids is 2. The van der Waals surface area contributed by atoms with Crippen LogP contribution in [0.4, 0.5) is 9.59 Å². The van der Waals surface area contributed by atoms with E-state index in [4.69, 9.17) is 14.2 Å². The fourth-order valence-corrected chi connectivity index (χ4v) is 1.34. The van der Waals surface area contributed by atoms with Crippen molar-refractivity contribution in [1.82, 2.24) is 0 Å². The number of para-hydroxylation sites is 2. The van der Waals surface area contributed by atoms with Gasteiger partial charge in [-0.1, -0.05) is 47.4 Å². The van der Waals surface area contributed by atoms with Gasteiger partial charge in [0.1, 0.15) is 13.2 Å². The second-order valence-corrected chi connectivity index (χ2v) is 4.14. The summed E-state index contributed by atoms with van der Waals surface area (Å²) in [6, 6.07) is 6.16. The van der Waals surface area contributed by atoms with Crippen LogP contribution in [0, 0.1) is 0 Å². The first-order chi connectivity index (χ1) is 10.2.